The number of aromatic nitrogens is 6. The number of amides is 1. The summed E-state index contributed by atoms with van der Waals surface area (Å²) in [6.07, 6.45) is 20.6. The molecule has 4 bridgehead atoms. The van der Waals surface area contributed by atoms with Gasteiger partial charge >= 0.3 is 6.09 Å². The van der Waals surface area contributed by atoms with Crippen LogP contribution in [0.2, 0.25) is 0 Å². The molecule has 28 nitrogen and oxygen atoms in total. The number of carbonyl (C=O) groups is 4. The van der Waals surface area contributed by atoms with Gasteiger partial charge in [0.1, 0.15) is 31.3 Å². The van der Waals surface area contributed by atoms with Gasteiger partial charge in [-0.15, -0.1) is 0 Å². The highest BCUT2D eigenvalue weighted by Gasteiger charge is 2.45. The predicted octanol–water partition coefficient (Wildman–Crippen LogP) is 11.2. The maximum absolute atomic E-state index is 12.2. The number of nitrogens with one attached hydrogen (secondary N) is 9. The first-order valence-electron chi connectivity index (χ1n) is 46.5. The summed E-state index contributed by atoms with van der Waals surface area (Å²) in [4.78, 5) is 104. The highest BCUT2D eigenvalue weighted by atomic mass is 16.6. The molecular weight excluding hydrogens is 1610 g/mol. The second-order valence-electron chi connectivity index (χ2n) is 35.6. The van der Waals surface area contributed by atoms with E-state index in [1.54, 1.807) is 6.07 Å². The van der Waals surface area contributed by atoms with Gasteiger partial charge in [0.05, 0.1) is 28.5 Å². The van der Waals surface area contributed by atoms with Gasteiger partial charge in [-0.1, -0.05) is 158 Å². The molecule has 11 aliphatic rings. The Hall–Kier alpha value is -11.8. The van der Waals surface area contributed by atoms with Gasteiger partial charge in [0.2, 0.25) is 0 Å². The number of fused-ring (bicyclic) bond motifs is 10. The van der Waals surface area contributed by atoms with Crippen molar-refractivity contribution in [2.45, 2.75) is 177 Å². The van der Waals surface area contributed by atoms with Crippen molar-refractivity contribution in [1.82, 2.24) is 66.6 Å². The van der Waals surface area contributed by atoms with Crippen LogP contribution in [0.15, 0.2) is 205 Å². The molecule has 9 atom stereocenters. The van der Waals surface area contributed by atoms with Crippen LogP contribution in [0.5, 0.6) is 0 Å². The van der Waals surface area contributed by atoms with Gasteiger partial charge in [0.15, 0.2) is 29.0 Å². The molecule has 11 aliphatic heterocycles. The van der Waals surface area contributed by atoms with Crippen LogP contribution in [0.4, 0.5) is 16.4 Å². The zero-order chi connectivity index (χ0) is 88.2. The molecule has 8 fully saturated rings. The lowest BCUT2D eigenvalue weighted by atomic mass is 9.84. The van der Waals surface area contributed by atoms with Gasteiger partial charge in [-0.25, -0.2) is 20.1 Å². The van der Waals surface area contributed by atoms with Gasteiger partial charge in [-0.2, -0.15) is 15.3 Å². The predicted molar refractivity (Wildman–Crippen MR) is 506 cm³/mol. The zero-order valence-electron chi connectivity index (χ0n) is 73.4. The summed E-state index contributed by atoms with van der Waals surface area (Å²) < 4.78 is 5.20. The van der Waals surface area contributed by atoms with E-state index in [9.17, 15) is 33.6 Å². The smallest absolute Gasteiger partial charge is 0.410 e. The van der Waals surface area contributed by atoms with Crippen LogP contribution in [0.25, 0.3) is 32.3 Å². The number of ketones is 3. The average molecular weight is 1730 g/mol. The van der Waals surface area contributed by atoms with Gasteiger partial charge in [0.25, 0.3) is 16.7 Å². The van der Waals surface area contributed by atoms with Crippen molar-refractivity contribution in [3.8, 4) is 0 Å². The van der Waals surface area contributed by atoms with E-state index in [1.807, 2.05) is 151 Å². The third-order valence-electron chi connectivity index (χ3n) is 27.1. The Kier molecular flexibility index (Phi) is 30.3. The van der Waals surface area contributed by atoms with Crippen LogP contribution in [-0.4, -0.2) is 226 Å². The number of piperidine rings is 5. The molecular formula is C100H122N20O8. The number of nitrogens with two attached hydrogens (primary N) is 2. The molecule has 0 radical (unpaired) electrons. The lowest BCUT2D eigenvalue weighted by Gasteiger charge is -2.38. The number of aliphatic imine (C=N–C) groups is 3. The number of amidine groups is 2. The van der Waals surface area contributed by atoms with E-state index in [-0.39, 0.29) is 71.3 Å². The van der Waals surface area contributed by atoms with E-state index in [2.05, 4.69) is 118 Å². The van der Waals surface area contributed by atoms with Crippen LogP contribution in [0.3, 0.4) is 0 Å². The third-order valence-corrected chi connectivity index (χ3v) is 27.1. The molecule has 8 saturated heterocycles. The standard InChI is InChI=1S/C21H23N3O.C18H22N4O3.C16H21N3O.C15H18N4O.2C15H19N3O/c25-20-14-23-21(19-9-5-4-8-18(19)20)24-16-10-11-22-17(13-16)12-15-6-2-1-3-7-15;1-2-25-18(24)22-12-7-8-13(22)10-11(9-12)19-16-14-5-3-4-6-15(14)17(23)21-20-16;17-7-10-19-8-5-12(6-9-19)16-14-4-2-1-3-13(14)15(20)11-18-16;20-15-13-4-2-1-3-12(13)14(18-19-15)17-11-7-9-5-6-10(8-11)16-9;19-15-13-6-2-1-5-12(13)14(17-18-15)10-11-4-3-8-16-9-7-11;16-9-11-5-7-18(8-6-11)15-13-4-2-1-3-12(13)14(19)10-17-15/h1-9,16-17,22H,10-14H2,(H,23,24);3-6,11-13H,2,7-10H2,1H3,(H,19,20)(H,21,23);1-4,12H,5-11,17H2;1-4,9-11,16H,5-8H2,(H,17,18)(H,19,20);1-2,5-6,11,16H,3-4,7-10H2,(H,18,19);1-4,11H,5-10,16H2/t16-,17-;11?,12-,13+;;9-,10+,11?;;/m0...../s1. The second-order valence-corrected chi connectivity index (χ2v) is 35.6. The Morgan fingerprint density at radius 3 is 1.59 bits per heavy atom. The largest absolute Gasteiger partial charge is 0.450 e. The van der Waals surface area contributed by atoms with Crippen LogP contribution < -0.4 is 60.0 Å². The number of H-pyrrole nitrogens is 3. The fourth-order valence-electron chi connectivity index (χ4n) is 20.6. The molecule has 0 saturated carbocycles. The fraction of sp³-hybridized carbons (Fsp3) is 0.450. The van der Waals surface area contributed by atoms with Crippen molar-refractivity contribution in [1.29, 1.82) is 0 Å². The first-order valence-corrected chi connectivity index (χ1v) is 46.5. The van der Waals surface area contributed by atoms with E-state index >= 15 is 0 Å². The molecule has 13 N–H and O–H groups in total. The Bertz CT molecular complexity index is 5770. The summed E-state index contributed by atoms with van der Waals surface area (Å²) >= 11 is 0. The molecule has 21 rings (SSSR count). The van der Waals surface area contributed by atoms with Crippen molar-refractivity contribution in [2.75, 3.05) is 102 Å². The number of likely N-dealkylation sites (tertiary alicyclic amines) is 2. The summed E-state index contributed by atoms with van der Waals surface area (Å²) in [6, 6.07) is 60.1. The maximum atomic E-state index is 12.2. The Balaban J connectivity index is 0.000000113. The molecule has 128 heavy (non-hydrogen) atoms. The number of carbonyl (C=O) groups excluding carboxylic acids is 4. The van der Waals surface area contributed by atoms with Gasteiger partial charge in [0, 0.05) is 136 Å². The number of rotatable bonds is 14. The number of hydrogen-bond acceptors (Lipinski definition) is 24. The van der Waals surface area contributed by atoms with Crippen molar-refractivity contribution in [2.24, 2.45) is 44.2 Å². The van der Waals surface area contributed by atoms with Crippen LogP contribution in [-0.2, 0) is 17.6 Å². The molecule has 10 aromatic rings. The second kappa shape index (κ2) is 43.3. The minimum absolute atomic E-state index is 0.0955. The highest BCUT2D eigenvalue weighted by molar-refractivity contribution is 6.17. The Labute approximate surface area is 746 Å². The van der Waals surface area contributed by atoms with Gasteiger partial charge in [-0.05, 0) is 204 Å². The first kappa shape index (κ1) is 89.6. The van der Waals surface area contributed by atoms with Crippen molar-refractivity contribution < 1.29 is 23.9 Å². The first-order chi connectivity index (χ1) is 62.7. The topological polar surface area (TPSA) is 386 Å². The Morgan fingerprint density at radius 1 is 0.461 bits per heavy atom. The third kappa shape index (κ3) is 22.1. The molecule has 14 heterocycles. The van der Waals surface area contributed by atoms with Crippen molar-refractivity contribution in [3.63, 3.8) is 0 Å². The van der Waals surface area contributed by atoms with Crippen LogP contribution in [0, 0.1) is 17.8 Å². The summed E-state index contributed by atoms with van der Waals surface area (Å²) in [5.74, 6) is 5.52. The van der Waals surface area contributed by atoms with Crippen LogP contribution >= 0.6 is 0 Å². The van der Waals surface area contributed by atoms with Crippen LogP contribution in [0.1, 0.15) is 175 Å². The maximum Gasteiger partial charge on any atom is 0.410 e. The van der Waals surface area contributed by atoms with Crippen molar-refractivity contribution in [3.05, 3.63) is 252 Å². The summed E-state index contributed by atoms with van der Waals surface area (Å²) in [5, 5.41) is 46.6. The molecule has 3 aromatic heterocycles. The van der Waals surface area contributed by atoms with E-state index in [4.69, 9.17) is 16.2 Å². The van der Waals surface area contributed by atoms with E-state index < -0.39 is 0 Å². The molecule has 0 aliphatic carbocycles. The molecule has 7 aromatic carbocycles. The van der Waals surface area contributed by atoms with E-state index in [0.717, 1.165) is 239 Å². The minimum atomic E-state index is -0.193. The lowest BCUT2D eigenvalue weighted by molar-refractivity contribution is 0.0710. The van der Waals surface area contributed by atoms with E-state index in [0.29, 0.717) is 77.7 Å². The quantitative estimate of drug-likeness (QED) is 0.0482. The number of anilines is 2. The molecule has 0 spiro atoms. The highest BCUT2D eigenvalue weighted by Crippen LogP contribution is 2.39. The summed E-state index contributed by atoms with van der Waals surface area (Å²) in [5.41, 5.74) is 19.9. The minimum Gasteiger partial charge on any atom is -0.450 e. The number of ether oxygens (including phenoxy) is 1. The average Bonchev–Trinajstić information content (AvgIpc) is 1.64. The number of benzene rings is 7. The Morgan fingerprint density at radius 2 is 0.984 bits per heavy atom. The van der Waals surface area contributed by atoms with Gasteiger partial charge in [-0.3, -0.25) is 43.7 Å². The number of Topliss-reactive ketones (excluding diaryl/α,β-unsaturated/α-hetero) is 3. The van der Waals surface area contributed by atoms with E-state index in [1.165, 1.54) is 37.7 Å². The van der Waals surface area contributed by atoms with Gasteiger partial charge < -0.3 is 62.8 Å². The van der Waals surface area contributed by atoms with Crippen molar-refractivity contribution >= 4 is 84.8 Å². The lowest BCUT2D eigenvalue weighted by Crippen LogP contribution is -2.50. The summed E-state index contributed by atoms with van der Waals surface area (Å²) in [6.45, 7) is 12.9. The fourth-order valence-corrected chi connectivity index (χ4v) is 20.6. The molecule has 3 unspecified atom stereocenters. The molecule has 1 amide bonds. The monoisotopic (exact) mass is 1730 g/mol. The number of aromatic amines is 3. The SMILES string of the molecule is CCOC(=O)N1[C@@H]2CC[C@H]1CC(Nc1n[nH]c(=O)c3ccccc13)C2.NCC1CCN(C2=NCC(=O)c3ccccc32)CC1.NCCN1CCC(C2=NCC(=O)c3ccccc32)CC1.O=C1CN=C(N[C@H]2CCN[C@@H](Cc3ccccc3)C2)c2ccccc21.O=c1[nH]nc(CC2CCCNCC2)c2ccccc12.O=c1[nH]nc(NC2C[C@H]3CC[C@@H](C2)N3)c2ccccc12. The number of hydrogen-bond donors (Lipinski definition) is 11. The zero-order valence-corrected chi connectivity index (χ0v) is 73.4. The number of nitrogens with zero attached hydrogens (tertiary/aromatic N) is 9. The molecule has 28 heteroatoms. The summed E-state index contributed by atoms with van der Waals surface area (Å²) in [7, 11) is 0. The normalized spacial score (nSPS) is 23.1. The molecule has 670 valence electrons.